The minimum Gasteiger partial charge on any atom is -0.449 e. The van der Waals surface area contributed by atoms with Crippen LogP contribution in [-0.4, -0.2) is 9.97 Å². The Bertz CT molecular complexity index is 533. The molecular formula is C16H20N2OS. The summed E-state index contributed by atoms with van der Waals surface area (Å²) in [5, 5.41) is 0. The number of rotatable bonds is 1. The van der Waals surface area contributed by atoms with Crippen molar-refractivity contribution < 1.29 is 4.42 Å². The Morgan fingerprint density at radius 3 is 2.15 bits per heavy atom. The molecule has 0 unspecified atom stereocenters. The van der Waals surface area contributed by atoms with E-state index in [1.165, 1.54) is 10.4 Å². The molecule has 3 nitrogen and oxygen atoms in total. The van der Waals surface area contributed by atoms with E-state index in [4.69, 9.17) is 4.42 Å². The van der Waals surface area contributed by atoms with E-state index in [9.17, 15) is 0 Å². The van der Waals surface area contributed by atoms with Crippen molar-refractivity contribution in [1.82, 2.24) is 9.97 Å². The fourth-order valence-corrected chi connectivity index (χ4v) is 1.79. The summed E-state index contributed by atoms with van der Waals surface area (Å²) >= 11 is 1.71. The minimum absolute atomic E-state index is 0.718. The predicted octanol–water partition coefficient (Wildman–Crippen LogP) is 4.68. The van der Waals surface area contributed by atoms with Crippen LogP contribution >= 0.6 is 11.3 Å². The molecule has 1 aromatic carbocycles. The van der Waals surface area contributed by atoms with Gasteiger partial charge in [-0.1, -0.05) is 42.8 Å². The van der Waals surface area contributed by atoms with Crippen molar-refractivity contribution in [3.05, 3.63) is 70.8 Å². The van der Waals surface area contributed by atoms with E-state index in [1.54, 1.807) is 30.7 Å². The molecule has 20 heavy (non-hydrogen) atoms. The van der Waals surface area contributed by atoms with Gasteiger partial charge in [-0.15, -0.1) is 11.3 Å². The van der Waals surface area contributed by atoms with Gasteiger partial charge >= 0.3 is 0 Å². The topological polar surface area (TPSA) is 38.9 Å². The van der Waals surface area contributed by atoms with Gasteiger partial charge in [-0.2, -0.15) is 0 Å². The number of aromatic nitrogens is 2. The highest BCUT2D eigenvalue weighted by atomic mass is 32.1. The second kappa shape index (κ2) is 9.92. The molecule has 0 saturated carbocycles. The Hall–Kier alpha value is -1.94. The molecule has 0 aliphatic rings. The lowest BCUT2D eigenvalue weighted by Gasteiger charge is -1.82. The van der Waals surface area contributed by atoms with Crippen molar-refractivity contribution in [1.29, 1.82) is 0 Å². The molecule has 0 spiro atoms. The van der Waals surface area contributed by atoms with Gasteiger partial charge in [0.05, 0.1) is 11.7 Å². The van der Waals surface area contributed by atoms with Gasteiger partial charge in [0.1, 0.15) is 6.26 Å². The Balaban J connectivity index is 0.000000151. The minimum atomic E-state index is 0.718. The largest absolute Gasteiger partial charge is 0.449 e. The lowest BCUT2D eigenvalue weighted by molar-refractivity contribution is 0.521. The maximum Gasteiger partial charge on any atom is 0.190 e. The first-order valence-electron chi connectivity index (χ1n) is 6.47. The second-order valence-corrected chi connectivity index (χ2v) is 5.00. The zero-order valence-electron chi connectivity index (χ0n) is 12.1. The van der Waals surface area contributed by atoms with Crippen molar-refractivity contribution in [3.8, 4) is 0 Å². The number of nitrogens with zero attached hydrogens (tertiary/aromatic N) is 2. The van der Waals surface area contributed by atoms with Gasteiger partial charge in [0.2, 0.25) is 0 Å². The first kappa shape index (κ1) is 16.1. The van der Waals surface area contributed by atoms with Crippen LogP contribution in [-0.2, 0) is 6.42 Å². The first-order chi connectivity index (χ1) is 9.72. The van der Waals surface area contributed by atoms with Gasteiger partial charge in [0.25, 0.3) is 0 Å². The van der Waals surface area contributed by atoms with E-state index in [0.29, 0.717) is 0 Å². The quantitative estimate of drug-likeness (QED) is 0.652. The van der Waals surface area contributed by atoms with E-state index < -0.39 is 0 Å². The normalized spacial score (nSPS) is 8.95. The summed E-state index contributed by atoms with van der Waals surface area (Å²) in [5.41, 5.74) is 3.18. The zero-order valence-corrected chi connectivity index (χ0v) is 12.9. The second-order valence-electron chi connectivity index (χ2n) is 4.03. The summed E-state index contributed by atoms with van der Waals surface area (Å²) in [6.45, 7) is 6.02. The van der Waals surface area contributed by atoms with Crippen LogP contribution in [0, 0.1) is 13.8 Å². The van der Waals surface area contributed by atoms with E-state index in [1.807, 2.05) is 29.9 Å². The summed E-state index contributed by atoms with van der Waals surface area (Å²) in [6.07, 6.45) is 6.19. The summed E-state index contributed by atoms with van der Waals surface area (Å²) < 4.78 is 4.72. The van der Waals surface area contributed by atoms with Gasteiger partial charge in [-0.25, -0.2) is 4.98 Å². The highest BCUT2D eigenvalue weighted by molar-refractivity contribution is 7.09. The molecular weight excluding hydrogens is 268 g/mol. The average molecular weight is 288 g/mol. The molecule has 0 saturated heterocycles. The van der Waals surface area contributed by atoms with Crippen LogP contribution in [0.25, 0.3) is 0 Å². The molecule has 0 amide bonds. The number of hydrogen-bond donors (Lipinski definition) is 0. The third-order valence-electron chi connectivity index (χ3n) is 2.33. The highest BCUT2D eigenvalue weighted by Gasteiger charge is 1.84. The summed E-state index contributed by atoms with van der Waals surface area (Å²) in [6, 6.07) is 10.3. The molecule has 3 aromatic rings. The highest BCUT2D eigenvalue weighted by Crippen LogP contribution is 2.04. The molecule has 0 aliphatic carbocycles. The molecule has 0 N–H and O–H groups in total. The molecule has 2 aromatic heterocycles. The van der Waals surface area contributed by atoms with E-state index in [-0.39, 0.29) is 0 Å². The van der Waals surface area contributed by atoms with Gasteiger partial charge in [-0.05, 0) is 13.3 Å². The van der Waals surface area contributed by atoms with Crippen LogP contribution in [0.1, 0.15) is 23.3 Å². The Labute approximate surface area is 124 Å². The number of aryl methyl sites for hydroxylation is 3. The molecule has 0 atom stereocenters. The maximum atomic E-state index is 4.72. The van der Waals surface area contributed by atoms with E-state index in [2.05, 4.69) is 35.9 Å². The number of thiazole rings is 1. The van der Waals surface area contributed by atoms with Crippen LogP contribution in [0.15, 0.2) is 58.9 Å². The lowest BCUT2D eigenvalue weighted by Crippen LogP contribution is -1.64. The zero-order chi connectivity index (χ0) is 14.6. The first-order valence-corrected chi connectivity index (χ1v) is 7.35. The van der Waals surface area contributed by atoms with Crippen molar-refractivity contribution in [2.24, 2.45) is 0 Å². The molecule has 0 aliphatic heterocycles. The molecule has 0 fully saturated rings. The summed E-state index contributed by atoms with van der Waals surface area (Å²) in [4.78, 5) is 9.02. The number of hydrogen-bond acceptors (Lipinski definition) is 4. The van der Waals surface area contributed by atoms with E-state index >= 15 is 0 Å². The Morgan fingerprint density at radius 1 is 1.15 bits per heavy atom. The van der Waals surface area contributed by atoms with Crippen molar-refractivity contribution in [3.63, 3.8) is 0 Å². The van der Waals surface area contributed by atoms with Crippen LogP contribution in [0.2, 0.25) is 0 Å². The Kier molecular flexibility index (Phi) is 7.99. The molecule has 4 heteroatoms. The van der Waals surface area contributed by atoms with Gasteiger partial charge in [-0.3, -0.25) is 4.98 Å². The van der Waals surface area contributed by atoms with Crippen LogP contribution < -0.4 is 0 Å². The van der Waals surface area contributed by atoms with Crippen LogP contribution in [0.3, 0.4) is 0 Å². The SMILES string of the molecule is CCc1cncs1.Cc1ccccc1.Cc1ncco1. The van der Waals surface area contributed by atoms with E-state index in [0.717, 1.165) is 12.3 Å². The molecule has 2 heterocycles. The Morgan fingerprint density at radius 2 is 1.90 bits per heavy atom. The lowest BCUT2D eigenvalue weighted by atomic mass is 10.2. The van der Waals surface area contributed by atoms with Crippen LogP contribution in [0.4, 0.5) is 0 Å². The third-order valence-corrected chi connectivity index (χ3v) is 3.25. The maximum absolute atomic E-state index is 4.72. The van der Waals surface area contributed by atoms with Crippen LogP contribution in [0.5, 0.6) is 0 Å². The molecule has 0 bridgehead atoms. The molecule has 3 rings (SSSR count). The van der Waals surface area contributed by atoms with Gasteiger partial charge in [0, 0.05) is 18.0 Å². The summed E-state index contributed by atoms with van der Waals surface area (Å²) in [5.74, 6) is 0.718. The fraction of sp³-hybridized carbons (Fsp3) is 0.250. The standard InChI is InChI=1S/C7H8.C5H7NS.C4H5NO/c1-7-5-3-2-4-6-7;1-2-5-3-6-4-7-5;1-4-5-2-3-6-4/h2-6H,1H3;3-4H,2H2,1H3;2-3H,1H3. The van der Waals surface area contributed by atoms with Crippen molar-refractivity contribution >= 4 is 11.3 Å². The van der Waals surface area contributed by atoms with Crippen molar-refractivity contribution in [2.75, 3.05) is 0 Å². The number of benzene rings is 1. The summed E-state index contributed by atoms with van der Waals surface area (Å²) in [7, 11) is 0. The monoisotopic (exact) mass is 288 g/mol. The smallest absolute Gasteiger partial charge is 0.190 e. The third kappa shape index (κ3) is 7.48. The number of oxazole rings is 1. The van der Waals surface area contributed by atoms with Crippen molar-refractivity contribution in [2.45, 2.75) is 27.2 Å². The van der Waals surface area contributed by atoms with Gasteiger partial charge in [0.15, 0.2) is 5.89 Å². The fourth-order valence-electron chi connectivity index (χ4n) is 1.25. The molecule has 0 radical (unpaired) electrons. The molecule has 106 valence electrons. The predicted molar refractivity (Wildman–Crippen MR) is 83.9 cm³/mol. The average Bonchev–Trinajstić information content (AvgIpc) is 3.14. The van der Waals surface area contributed by atoms with Gasteiger partial charge < -0.3 is 4.42 Å².